The number of nitrogens with zero attached hydrogens (tertiary/aromatic N) is 2. The van der Waals surface area contributed by atoms with E-state index >= 15 is 0 Å². The standard InChI is InChI=1S/C12H17N3O2/c1-17-12(16)11-9(13)6-15(14-11)10-5-7-2-3-8(10)4-7/h6-8,10H,2-5,13H2,1H3. The van der Waals surface area contributed by atoms with Crippen LogP contribution in [0.15, 0.2) is 6.20 Å². The number of hydrogen-bond acceptors (Lipinski definition) is 4. The first-order valence-corrected chi connectivity index (χ1v) is 6.12. The third-order valence-electron chi connectivity index (χ3n) is 4.18. The third kappa shape index (κ3) is 1.61. The van der Waals surface area contributed by atoms with Gasteiger partial charge >= 0.3 is 5.97 Å². The number of ether oxygens (including phenoxy) is 1. The monoisotopic (exact) mass is 235 g/mol. The summed E-state index contributed by atoms with van der Waals surface area (Å²) in [5.41, 5.74) is 6.46. The summed E-state index contributed by atoms with van der Waals surface area (Å²) >= 11 is 0. The van der Waals surface area contributed by atoms with Crippen molar-refractivity contribution in [2.75, 3.05) is 12.8 Å². The van der Waals surface area contributed by atoms with Gasteiger partial charge in [-0.2, -0.15) is 5.10 Å². The Bertz CT molecular complexity index is 455. The highest BCUT2D eigenvalue weighted by molar-refractivity contribution is 5.92. The molecule has 1 aromatic heterocycles. The summed E-state index contributed by atoms with van der Waals surface area (Å²) in [6.07, 6.45) is 6.88. The molecule has 0 spiro atoms. The van der Waals surface area contributed by atoms with Crippen molar-refractivity contribution in [1.82, 2.24) is 9.78 Å². The predicted molar refractivity (Wildman–Crippen MR) is 62.5 cm³/mol. The van der Waals surface area contributed by atoms with Crippen LogP contribution in [0.5, 0.6) is 0 Å². The maximum Gasteiger partial charge on any atom is 0.360 e. The molecule has 5 heteroatoms. The molecule has 0 aliphatic heterocycles. The molecule has 1 heterocycles. The number of rotatable bonds is 2. The number of carbonyl (C=O) groups excluding carboxylic acids is 1. The topological polar surface area (TPSA) is 70.1 Å². The Morgan fingerprint density at radius 2 is 2.35 bits per heavy atom. The Hall–Kier alpha value is -1.52. The van der Waals surface area contributed by atoms with Gasteiger partial charge in [-0.15, -0.1) is 0 Å². The number of hydrogen-bond donors (Lipinski definition) is 1. The van der Waals surface area contributed by atoms with Crippen molar-refractivity contribution in [1.29, 1.82) is 0 Å². The Morgan fingerprint density at radius 1 is 1.53 bits per heavy atom. The molecule has 2 N–H and O–H groups in total. The zero-order valence-corrected chi connectivity index (χ0v) is 9.93. The molecule has 3 unspecified atom stereocenters. The maximum absolute atomic E-state index is 11.4. The van der Waals surface area contributed by atoms with Crippen LogP contribution >= 0.6 is 0 Å². The SMILES string of the molecule is COC(=O)c1nn(C2CC3CCC2C3)cc1N. The molecule has 2 aliphatic rings. The molecule has 17 heavy (non-hydrogen) atoms. The normalized spacial score (nSPS) is 30.8. The van der Waals surface area contributed by atoms with Crippen molar-refractivity contribution in [3.63, 3.8) is 0 Å². The molecular weight excluding hydrogens is 218 g/mol. The molecule has 3 rings (SSSR count). The summed E-state index contributed by atoms with van der Waals surface area (Å²) in [6.45, 7) is 0. The minimum absolute atomic E-state index is 0.246. The van der Waals surface area contributed by atoms with Crippen molar-refractivity contribution in [2.45, 2.75) is 31.7 Å². The number of nitrogens with two attached hydrogens (primary N) is 1. The van der Waals surface area contributed by atoms with Gasteiger partial charge < -0.3 is 10.5 Å². The van der Waals surface area contributed by atoms with Crippen molar-refractivity contribution >= 4 is 11.7 Å². The molecule has 0 radical (unpaired) electrons. The molecule has 3 atom stereocenters. The molecule has 1 aromatic rings. The first-order valence-electron chi connectivity index (χ1n) is 6.12. The van der Waals surface area contributed by atoms with E-state index in [1.54, 1.807) is 6.20 Å². The highest BCUT2D eigenvalue weighted by Crippen LogP contribution is 2.50. The van der Waals surface area contributed by atoms with E-state index in [-0.39, 0.29) is 5.69 Å². The van der Waals surface area contributed by atoms with Crippen molar-refractivity contribution in [2.24, 2.45) is 11.8 Å². The van der Waals surface area contributed by atoms with Gasteiger partial charge in [0.1, 0.15) is 0 Å². The van der Waals surface area contributed by atoms with E-state index in [0.717, 1.165) is 5.92 Å². The van der Waals surface area contributed by atoms with Crippen molar-refractivity contribution in [3.05, 3.63) is 11.9 Å². The Morgan fingerprint density at radius 3 is 2.94 bits per heavy atom. The highest BCUT2D eigenvalue weighted by atomic mass is 16.5. The molecule has 2 fully saturated rings. The van der Waals surface area contributed by atoms with Gasteiger partial charge in [-0.1, -0.05) is 6.42 Å². The van der Waals surface area contributed by atoms with Crippen LogP contribution in [0.2, 0.25) is 0 Å². The van der Waals surface area contributed by atoms with Crippen LogP contribution in [0.3, 0.4) is 0 Å². The average molecular weight is 235 g/mol. The first kappa shape index (κ1) is 10.6. The molecule has 2 saturated carbocycles. The fraction of sp³-hybridized carbons (Fsp3) is 0.667. The van der Waals surface area contributed by atoms with E-state index in [1.807, 2.05) is 4.68 Å². The number of methoxy groups -OCH3 is 1. The van der Waals surface area contributed by atoms with Gasteiger partial charge in [0.15, 0.2) is 5.69 Å². The lowest BCUT2D eigenvalue weighted by Crippen LogP contribution is -2.17. The predicted octanol–water partition coefficient (Wildman–Crippen LogP) is 1.61. The number of aromatic nitrogens is 2. The van der Waals surface area contributed by atoms with Crippen LogP contribution in [0.25, 0.3) is 0 Å². The second-order valence-corrected chi connectivity index (χ2v) is 5.15. The zero-order valence-electron chi connectivity index (χ0n) is 9.93. The van der Waals surface area contributed by atoms with Gasteiger partial charge in [0.25, 0.3) is 0 Å². The summed E-state index contributed by atoms with van der Waals surface area (Å²) in [5, 5.41) is 4.30. The van der Waals surface area contributed by atoms with Crippen LogP contribution in [0.4, 0.5) is 5.69 Å². The lowest BCUT2D eigenvalue weighted by molar-refractivity contribution is 0.0593. The number of carbonyl (C=O) groups is 1. The molecule has 2 aliphatic carbocycles. The summed E-state index contributed by atoms with van der Waals surface area (Å²) in [4.78, 5) is 11.4. The molecule has 92 valence electrons. The molecule has 2 bridgehead atoms. The van der Waals surface area contributed by atoms with Crippen LogP contribution in [-0.4, -0.2) is 22.9 Å². The Kier molecular flexibility index (Phi) is 2.34. The quantitative estimate of drug-likeness (QED) is 0.791. The second-order valence-electron chi connectivity index (χ2n) is 5.15. The zero-order chi connectivity index (χ0) is 12.0. The van der Waals surface area contributed by atoms with Crippen molar-refractivity contribution in [3.8, 4) is 0 Å². The molecular formula is C12H17N3O2. The van der Waals surface area contributed by atoms with Crippen LogP contribution < -0.4 is 5.73 Å². The van der Waals surface area contributed by atoms with Gasteiger partial charge in [0.05, 0.1) is 18.8 Å². The lowest BCUT2D eigenvalue weighted by Gasteiger charge is -2.21. The van der Waals surface area contributed by atoms with Gasteiger partial charge in [-0.25, -0.2) is 4.79 Å². The largest absolute Gasteiger partial charge is 0.464 e. The summed E-state index contributed by atoms with van der Waals surface area (Å²) in [5.74, 6) is 1.10. The van der Waals surface area contributed by atoms with E-state index in [1.165, 1.54) is 32.8 Å². The van der Waals surface area contributed by atoms with Gasteiger partial charge in [-0.05, 0) is 31.1 Å². The summed E-state index contributed by atoms with van der Waals surface area (Å²) < 4.78 is 6.54. The molecule has 0 amide bonds. The fourth-order valence-corrected chi connectivity index (χ4v) is 3.37. The summed E-state index contributed by atoms with van der Waals surface area (Å²) in [7, 11) is 1.35. The van der Waals surface area contributed by atoms with Gasteiger partial charge in [0.2, 0.25) is 0 Å². The van der Waals surface area contributed by atoms with Crippen LogP contribution in [0.1, 0.15) is 42.2 Å². The fourth-order valence-electron chi connectivity index (χ4n) is 3.37. The van der Waals surface area contributed by atoms with Crippen LogP contribution in [0, 0.1) is 11.8 Å². The first-order chi connectivity index (χ1) is 8.19. The van der Waals surface area contributed by atoms with E-state index in [2.05, 4.69) is 9.84 Å². The van der Waals surface area contributed by atoms with E-state index < -0.39 is 5.97 Å². The van der Waals surface area contributed by atoms with E-state index in [0.29, 0.717) is 17.6 Å². The number of fused-ring (bicyclic) bond motifs is 2. The maximum atomic E-state index is 11.4. The molecule has 0 saturated heterocycles. The second kappa shape index (κ2) is 3.75. The van der Waals surface area contributed by atoms with Crippen molar-refractivity contribution < 1.29 is 9.53 Å². The average Bonchev–Trinajstić information content (AvgIpc) is 3.01. The molecule has 0 aromatic carbocycles. The van der Waals surface area contributed by atoms with E-state index in [9.17, 15) is 4.79 Å². The highest BCUT2D eigenvalue weighted by Gasteiger charge is 2.41. The summed E-state index contributed by atoms with van der Waals surface area (Å²) in [6, 6.07) is 0.425. The smallest absolute Gasteiger partial charge is 0.360 e. The third-order valence-corrected chi connectivity index (χ3v) is 4.18. The Balaban J connectivity index is 1.87. The molecule has 5 nitrogen and oxygen atoms in total. The van der Waals surface area contributed by atoms with Crippen LogP contribution in [-0.2, 0) is 4.74 Å². The number of nitrogen functional groups attached to an aromatic ring is 1. The minimum atomic E-state index is -0.454. The van der Waals surface area contributed by atoms with E-state index in [4.69, 9.17) is 5.73 Å². The Labute approximate surface area is 99.9 Å². The van der Waals surface area contributed by atoms with Gasteiger partial charge in [0, 0.05) is 6.20 Å². The van der Waals surface area contributed by atoms with Gasteiger partial charge in [-0.3, -0.25) is 4.68 Å². The minimum Gasteiger partial charge on any atom is -0.464 e. The lowest BCUT2D eigenvalue weighted by atomic mass is 9.96. The number of esters is 1. The number of anilines is 1.